The third-order valence-corrected chi connectivity index (χ3v) is 6.68. The number of hydrogen-bond acceptors (Lipinski definition) is 2. The van der Waals surface area contributed by atoms with Crippen LogP contribution in [0.4, 0.5) is 0 Å². The van der Waals surface area contributed by atoms with Crippen LogP contribution in [0.5, 0.6) is 0 Å². The van der Waals surface area contributed by atoms with Gasteiger partial charge in [-0.15, -0.1) is 0 Å². The maximum Gasteiger partial charge on any atom is 0.251 e. The summed E-state index contributed by atoms with van der Waals surface area (Å²) >= 11 is 3.43. The molecule has 0 saturated heterocycles. The Morgan fingerprint density at radius 1 is 0.909 bits per heavy atom. The summed E-state index contributed by atoms with van der Waals surface area (Å²) in [5, 5.41) is 3.04. The van der Waals surface area contributed by atoms with E-state index in [9.17, 15) is 4.79 Å². The number of aryl methyl sites for hydroxylation is 1. The first kappa shape index (κ1) is 25.5. The lowest BCUT2D eigenvalue weighted by Crippen LogP contribution is -2.26. The van der Waals surface area contributed by atoms with E-state index < -0.39 is 0 Å². The molecular weight excluding hydrogens is 474 g/mol. The zero-order valence-electron chi connectivity index (χ0n) is 20.0. The van der Waals surface area contributed by atoms with Gasteiger partial charge in [-0.1, -0.05) is 98.8 Å². The third-order valence-electron chi connectivity index (χ3n) is 6.19. The highest BCUT2D eigenvalue weighted by Gasteiger charge is 2.11. The maximum atomic E-state index is 12.5. The molecule has 0 aliphatic rings. The van der Waals surface area contributed by atoms with E-state index in [4.69, 9.17) is 4.98 Å². The summed E-state index contributed by atoms with van der Waals surface area (Å²) in [5.41, 5.74) is 2.91. The lowest BCUT2D eigenvalue weighted by molar-refractivity contribution is 0.0954. The molecule has 0 radical (unpaired) electrons. The SMILES string of the molecule is CCCCCCCCCCCCn1c(CCNC(=O)c2cccc(Br)c2)nc2ccccc21. The Kier molecular flexibility index (Phi) is 11.0. The van der Waals surface area contributed by atoms with Crippen LogP contribution in [0.1, 0.15) is 87.3 Å². The van der Waals surface area contributed by atoms with Gasteiger partial charge >= 0.3 is 0 Å². The first-order valence-corrected chi connectivity index (χ1v) is 13.5. The number of benzene rings is 2. The van der Waals surface area contributed by atoms with Gasteiger partial charge in [-0.05, 0) is 36.8 Å². The second-order valence-corrected chi connectivity index (χ2v) is 9.78. The lowest BCUT2D eigenvalue weighted by Gasteiger charge is -2.10. The molecule has 4 nitrogen and oxygen atoms in total. The summed E-state index contributed by atoms with van der Waals surface area (Å²) < 4.78 is 3.26. The Balaban J connectivity index is 1.46. The Bertz CT molecular complexity index is 998. The molecule has 33 heavy (non-hydrogen) atoms. The van der Waals surface area contributed by atoms with Crippen molar-refractivity contribution < 1.29 is 4.79 Å². The number of carbonyl (C=O) groups excluding carboxylic acids is 1. The van der Waals surface area contributed by atoms with Crippen molar-refractivity contribution in [1.82, 2.24) is 14.9 Å². The van der Waals surface area contributed by atoms with Crippen molar-refractivity contribution in [2.45, 2.75) is 84.1 Å². The number of fused-ring (bicyclic) bond motifs is 1. The molecule has 0 aliphatic heterocycles. The van der Waals surface area contributed by atoms with Crippen LogP contribution in [0.15, 0.2) is 53.0 Å². The minimum Gasteiger partial charge on any atom is -0.352 e. The fraction of sp³-hybridized carbons (Fsp3) is 0.500. The highest BCUT2D eigenvalue weighted by molar-refractivity contribution is 9.10. The number of rotatable bonds is 15. The number of imidazole rings is 1. The summed E-state index contributed by atoms with van der Waals surface area (Å²) in [4.78, 5) is 17.3. The maximum absolute atomic E-state index is 12.5. The first-order valence-electron chi connectivity index (χ1n) is 12.7. The van der Waals surface area contributed by atoms with Gasteiger partial charge < -0.3 is 9.88 Å². The monoisotopic (exact) mass is 511 g/mol. The van der Waals surface area contributed by atoms with Crippen LogP contribution in [0, 0.1) is 0 Å². The second-order valence-electron chi connectivity index (χ2n) is 8.87. The van der Waals surface area contributed by atoms with Gasteiger partial charge in [-0.3, -0.25) is 4.79 Å². The van der Waals surface area contributed by atoms with E-state index in [-0.39, 0.29) is 5.91 Å². The highest BCUT2D eigenvalue weighted by Crippen LogP contribution is 2.18. The molecule has 0 saturated carbocycles. The predicted octanol–water partition coefficient (Wildman–Crippen LogP) is 7.69. The molecule has 0 aliphatic carbocycles. The molecule has 5 heteroatoms. The van der Waals surface area contributed by atoms with Gasteiger partial charge in [0.15, 0.2) is 0 Å². The minimum absolute atomic E-state index is 0.0475. The Labute approximate surface area is 207 Å². The van der Waals surface area contributed by atoms with Crippen molar-refractivity contribution in [3.8, 4) is 0 Å². The van der Waals surface area contributed by atoms with Crippen LogP contribution < -0.4 is 5.32 Å². The van der Waals surface area contributed by atoms with E-state index in [0.717, 1.165) is 28.8 Å². The fourth-order valence-electron chi connectivity index (χ4n) is 4.34. The molecule has 0 fully saturated rings. The first-order chi connectivity index (χ1) is 16.2. The summed E-state index contributed by atoms with van der Waals surface area (Å²) in [7, 11) is 0. The summed E-state index contributed by atoms with van der Waals surface area (Å²) in [6.07, 6.45) is 14.1. The predicted molar refractivity (Wildman–Crippen MR) is 142 cm³/mol. The molecule has 2 aromatic carbocycles. The number of aromatic nitrogens is 2. The smallest absolute Gasteiger partial charge is 0.251 e. The van der Waals surface area contributed by atoms with Gasteiger partial charge in [-0.2, -0.15) is 0 Å². The topological polar surface area (TPSA) is 46.9 Å². The Hall–Kier alpha value is -2.14. The van der Waals surface area contributed by atoms with E-state index in [1.165, 1.54) is 69.7 Å². The van der Waals surface area contributed by atoms with E-state index >= 15 is 0 Å². The summed E-state index contributed by atoms with van der Waals surface area (Å²) in [6.45, 7) is 3.84. The standard InChI is InChI=1S/C28H38BrN3O/c1-2-3-4-5-6-7-8-9-10-13-21-32-26-18-12-11-17-25(26)31-27(32)19-20-30-28(33)23-15-14-16-24(29)22-23/h11-12,14-18,22H,2-10,13,19-21H2,1H3,(H,30,33). The zero-order valence-corrected chi connectivity index (χ0v) is 21.6. The van der Waals surface area contributed by atoms with Gasteiger partial charge in [0.05, 0.1) is 11.0 Å². The van der Waals surface area contributed by atoms with E-state index in [1.54, 1.807) is 0 Å². The third kappa shape index (κ3) is 8.29. The number of hydrogen-bond donors (Lipinski definition) is 1. The van der Waals surface area contributed by atoms with Crippen molar-refractivity contribution >= 4 is 32.9 Å². The molecule has 1 aromatic heterocycles. The Morgan fingerprint density at radius 2 is 1.61 bits per heavy atom. The molecule has 1 heterocycles. The van der Waals surface area contributed by atoms with Crippen LogP contribution in [0.2, 0.25) is 0 Å². The molecule has 3 rings (SSSR count). The number of amides is 1. The average molecular weight is 513 g/mol. The molecular formula is C28H38BrN3O. The summed E-state index contributed by atoms with van der Waals surface area (Å²) in [5.74, 6) is 1.01. The second kappa shape index (κ2) is 14.2. The number of unbranched alkanes of at least 4 members (excludes halogenated alkanes) is 9. The van der Waals surface area contributed by atoms with E-state index in [0.29, 0.717) is 12.1 Å². The number of nitrogens with one attached hydrogen (secondary N) is 1. The average Bonchev–Trinajstić information content (AvgIpc) is 3.17. The van der Waals surface area contributed by atoms with Crippen molar-refractivity contribution in [3.05, 3.63) is 64.4 Å². The fourth-order valence-corrected chi connectivity index (χ4v) is 4.74. The van der Waals surface area contributed by atoms with Gasteiger partial charge in [0.2, 0.25) is 0 Å². The molecule has 1 N–H and O–H groups in total. The number of halogens is 1. The molecule has 178 valence electrons. The van der Waals surface area contributed by atoms with Crippen LogP contribution in [0.3, 0.4) is 0 Å². The van der Waals surface area contributed by atoms with Crippen LogP contribution in [0.25, 0.3) is 11.0 Å². The molecule has 0 spiro atoms. The summed E-state index contributed by atoms with van der Waals surface area (Å²) in [6, 6.07) is 15.8. The molecule has 0 bridgehead atoms. The van der Waals surface area contributed by atoms with Crippen LogP contribution >= 0.6 is 15.9 Å². The normalized spacial score (nSPS) is 11.2. The van der Waals surface area contributed by atoms with Gasteiger partial charge in [0.25, 0.3) is 5.91 Å². The van der Waals surface area contributed by atoms with Gasteiger partial charge in [-0.25, -0.2) is 4.98 Å². The van der Waals surface area contributed by atoms with Crippen molar-refractivity contribution in [1.29, 1.82) is 0 Å². The number of nitrogens with zero attached hydrogens (tertiary/aromatic N) is 2. The molecule has 0 unspecified atom stereocenters. The van der Waals surface area contributed by atoms with Gasteiger partial charge in [0, 0.05) is 29.5 Å². The van der Waals surface area contributed by atoms with Crippen LogP contribution in [-0.2, 0) is 13.0 Å². The van der Waals surface area contributed by atoms with Gasteiger partial charge in [0.1, 0.15) is 5.82 Å². The number of carbonyl (C=O) groups is 1. The molecule has 1 amide bonds. The quantitative estimate of drug-likeness (QED) is 0.212. The number of para-hydroxylation sites is 2. The Morgan fingerprint density at radius 3 is 2.33 bits per heavy atom. The molecule has 3 aromatic rings. The van der Waals surface area contributed by atoms with E-state index in [1.807, 2.05) is 30.3 Å². The van der Waals surface area contributed by atoms with E-state index in [2.05, 4.69) is 50.9 Å². The molecule has 0 atom stereocenters. The van der Waals surface area contributed by atoms with Crippen molar-refractivity contribution in [3.63, 3.8) is 0 Å². The lowest BCUT2D eigenvalue weighted by atomic mass is 10.1. The van der Waals surface area contributed by atoms with Crippen molar-refractivity contribution in [2.24, 2.45) is 0 Å². The van der Waals surface area contributed by atoms with Crippen molar-refractivity contribution in [2.75, 3.05) is 6.54 Å². The highest BCUT2D eigenvalue weighted by atomic mass is 79.9. The minimum atomic E-state index is -0.0475. The van der Waals surface area contributed by atoms with Crippen LogP contribution in [-0.4, -0.2) is 22.0 Å². The zero-order chi connectivity index (χ0) is 23.3. The largest absolute Gasteiger partial charge is 0.352 e.